The van der Waals surface area contributed by atoms with Crippen LogP contribution in [-0.2, 0) is 9.53 Å². The number of terminal acetylenes is 1. The van der Waals surface area contributed by atoms with E-state index in [9.17, 15) is 14.0 Å². The molecule has 36 heavy (non-hydrogen) atoms. The standard InChI is InChI=1S/C25H22FN5O4S/c1-3-22-29-20(14-36-22)23(32)31(18-8-16(9-19(10-18)34-2)15-5-7-35-13-15)21-4-6-30(24(21)33)25-27-11-17(26)12-28-25/h1,8-12,14-15,21H,4-7,13H2,2H3. The molecule has 0 N–H and O–H groups in total. The third-order valence-corrected chi connectivity index (χ3v) is 7.00. The maximum atomic E-state index is 13.8. The van der Waals surface area contributed by atoms with E-state index in [1.165, 1.54) is 21.1 Å². The van der Waals surface area contributed by atoms with Crippen LogP contribution in [0.3, 0.4) is 0 Å². The van der Waals surface area contributed by atoms with E-state index in [1.54, 1.807) is 18.6 Å². The summed E-state index contributed by atoms with van der Waals surface area (Å²) >= 11 is 1.18. The largest absolute Gasteiger partial charge is 0.497 e. The van der Waals surface area contributed by atoms with Crippen LogP contribution in [0.1, 0.15) is 39.8 Å². The molecule has 2 aliphatic heterocycles. The number of aromatic nitrogens is 3. The SMILES string of the molecule is C#Cc1nc(C(=O)N(c2cc(OC)cc(C3CCOC3)c2)C2CCN(c3ncc(F)cn3)C2=O)cs1. The fraction of sp³-hybridized carbons (Fsp3) is 0.320. The second kappa shape index (κ2) is 10.0. The minimum absolute atomic E-state index is 0.0778. The van der Waals surface area contributed by atoms with Crippen LogP contribution in [0.2, 0.25) is 0 Å². The van der Waals surface area contributed by atoms with E-state index in [1.807, 2.05) is 12.1 Å². The van der Waals surface area contributed by atoms with Crippen molar-refractivity contribution in [2.45, 2.75) is 24.8 Å². The highest BCUT2D eigenvalue weighted by molar-refractivity contribution is 7.10. The Morgan fingerprint density at radius 3 is 2.78 bits per heavy atom. The maximum Gasteiger partial charge on any atom is 0.278 e. The van der Waals surface area contributed by atoms with Crippen molar-refractivity contribution >= 4 is 34.8 Å². The molecule has 9 nitrogen and oxygen atoms in total. The molecule has 0 saturated carbocycles. The number of nitrogens with zero attached hydrogens (tertiary/aromatic N) is 5. The van der Waals surface area contributed by atoms with Crippen LogP contribution in [0, 0.1) is 18.2 Å². The van der Waals surface area contributed by atoms with Gasteiger partial charge in [0.1, 0.15) is 17.5 Å². The van der Waals surface area contributed by atoms with E-state index in [-0.39, 0.29) is 30.0 Å². The number of rotatable bonds is 6. The number of hydrogen-bond acceptors (Lipinski definition) is 8. The summed E-state index contributed by atoms with van der Waals surface area (Å²) in [6.45, 7) is 1.48. The molecule has 0 spiro atoms. The third kappa shape index (κ3) is 4.53. The highest BCUT2D eigenvalue weighted by Gasteiger charge is 2.42. The summed E-state index contributed by atoms with van der Waals surface area (Å²) in [5.74, 6) is 1.77. The molecular formula is C25H22FN5O4S. The van der Waals surface area contributed by atoms with Crippen molar-refractivity contribution in [1.82, 2.24) is 15.0 Å². The summed E-state index contributed by atoms with van der Waals surface area (Å²) in [5.41, 5.74) is 1.59. The van der Waals surface area contributed by atoms with Crippen LogP contribution in [0.15, 0.2) is 36.0 Å². The number of carbonyl (C=O) groups is 2. The average Bonchev–Trinajstić information content (AvgIpc) is 3.67. The lowest BCUT2D eigenvalue weighted by molar-refractivity contribution is -0.118. The molecule has 4 heterocycles. The molecule has 5 rings (SSSR count). The normalized spacial score (nSPS) is 19.4. The zero-order valence-electron chi connectivity index (χ0n) is 19.4. The van der Waals surface area contributed by atoms with E-state index in [0.717, 1.165) is 24.4 Å². The van der Waals surface area contributed by atoms with Gasteiger partial charge in [-0.2, -0.15) is 0 Å². The van der Waals surface area contributed by atoms with Crippen molar-refractivity contribution in [1.29, 1.82) is 0 Å². The molecule has 2 saturated heterocycles. The van der Waals surface area contributed by atoms with Gasteiger partial charge in [0.25, 0.3) is 11.8 Å². The van der Waals surface area contributed by atoms with Crippen molar-refractivity contribution < 1.29 is 23.5 Å². The Morgan fingerprint density at radius 1 is 1.31 bits per heavy atom. The number of thiazole rings is 1. The summed E-state index contributed by atoms with van der Waals surface area (Å²) < 4.78 is 24.4. The lowest BCUT2D eigenvalue weighted by atomic mass is 9.97. The summed E-state index contributed by atoms with van der Waals surface area (Å²) in [4.78, 5) is 42.3. The van der Waals surface area contributed by atoms with E-state index in [4.69, 9.17) is 15.9 Å². The van der Waals surface area contributed by atoms with Gasteiger partial charge in [0.15, 0.2) is 10.8 Å². The lowest BCUT2D eigenvalue weighted by Gasteiger charge is -2.28. The Balaban J connectivity index is 1.56. The number of methoxy groups -OCH3 is 1. The molecule has 2 aromatic heterocycles. The van der Waals surface area contributed by atoms with Gasteiger partial charge in [-0.1, -0.05) is 0 Å². The molecule has 3 aromatic rings. The predicted octanol–water partition coefficient (Wildman–Crippen LogP) is 3.02. The van der Waals surface area contributed by atoms with Crippen molar-refractivity contribution in [2.24, 2.45) is 0 Å². The van der Waals surface area contributed by atoms with Crippen LogP contribution in [-0.4, -0.2) is 59.7 Å². The molecule has 11 heteroatoms. The molecule has 0 radical (unpaired) electrons. The summed E-state index contributed by atoms with van der Waals surface area (Å²) in [7, 11) is 1.55. The number of ether oxygens (including phenoxy) is 2. The zero-order valence-corrected chi connectivity index (χ0v) is 20.2. The van der Waals surface area contributed by atoms with E-state index in [2.05, 4.69) is 20.9 Å². The topological polar surface area (TPSA) is 97.8 Å². The van der Waals surface area contributed by atoms with Crippen LogP contribution in [0.4, 0.5) is 16.0 Å². The van der Waals surface area contributed by atoms with Crippen molar-refractivity contribution in [2.75, 3.05) is 36.7 Å². The predicted molar refractivity (Wildman–Crippen MR) is 131 cm³/mol. The molecule has 1 aromatic carbocycles. The van der Waals surface area contributed by atoms with E-state index in [0.29, 0.717) is 36.1 Å². The van der Waals surface area contributed by atoms with Gasteiger partial charge in [0.2, 0.25) is 5.95 Å². The molecular weight excluding hydrogens is 485 g/mol. The van der Waals surface area contributed by atoms with Crippen molar-refractivity contribution in [3.63, 3.8) is 0 Å². The minimum Gasteiger partial charge on any atom is -0.497 e. The quantitative estimate of drug-likeness (QED) is 0.473. The molecule has 2 amide bonds. The Bertz CT molecular complexity index is 1330. The summed E-state index contributed by atoms with van der Waals surface area (Å²) in [5, 5.41) is 1.95. The van der Waals surface area contributed by atoms with Gasteiger partial charge in [0.05, 0.1) is 26.1 Å². The smallest absolute Gasteiger partial charge is 0.278 e. The Labute approximate surface area is 210 Å². The van der Waals surface area contributed by atoms with Crippen molar-refractivity contribution in [3.8, 4) is 18.1 Å². The number of amides is 2. The Kier molecular flexibility index (Phi) is 6.63. The van der Waals surface area contributed by atoms with Gasteiger partial charge in [-0.05, 0) is 36.5 Å². The molecule has 2 unspecified atom stereocenters. The zero-order chi connectivity index (χ0) is 25.2. The number of benzene rings is 1. The summed E-state index contributed by atoms with van der Waals surface area (Å²) in [6.07, 6.45) is 8.62. The van der Waals surface area contributed by atoms with Crippen molar-refractivity contribution in [3.05, 3.63) is 58.1 Å². The fourth-order valence-corrected chi connectivity index (χ4v) is 5.04. The van der Waals surface area contributed by atoms with Gasteiger partial charge in [0, 0.05) is 36.2 Å². The van der Waals surface area contributed by atoms with E-state index >= 15 is 0 Å². The first kappa shape index (κ1) is 23.8. The van der Waals surface area contributed by atoms with Crippen LogP contribution in [0.5, 0.6) is 5.75 Å². The highest BCUT2D eigenvalue weighted by atomic mass is 32.1. The Hall–Kier alpha value is -3.88. The molecule has 2 aliphatic rings. The molecule has 2 atom stereocenters. The van der Waals surface area contributed by atoms with Gasteiger partial charge in [-0.25, -0.2) is 19.3 Å². The first-order valence-corrected chi connectivity index (χ1v) is 12.2. The first-order chi connectivity index (χ1) is 17.5. The summed E-state index contributed by atoms with van der Waals surface area (Å²) in [6, 6.07) is 4.66. The maximum absolute atomic E-state index is 13.8. The second-order valence-electron chi connectivity index (χ2n) is 8.38. The molecule has 0 bridgehead atoms. The van der Waals surface area contributed by atoms with Gasteiger partial charge >= 0.3 is 0 Å². The molecule has 184 valence electrons. The average molecular weight is 508 g/mol. The van der Waals surface area contributed by atoms with E-state index < -0.39 is 17.8 Å². The number of anilines is 2. The highest BCUT2D eigenvalue weighted by Crippen LogP contribution is 2.35. The number of hydrogen-bond donors (Lipinski definition) is 0. The Morgan fingerprint density at radius 2 is 2.11 bits per heavy atom. The van der Waals surface area contributed by atoms with Crippen LogP contribution in [0.25, 0.3) is 0 Å². The molecule has 2 fully saturated rings. The van der Waals surface area contributed by atoms with Crippen LogP contribution < -0.4 is 14.5 Å². The minimum atomic E-state index is -0.859. The second-order valence-corrected chi connectivity index (χ2v) is 9.24. The number of halogens is 1. The monoisotopic (exact) mass is 507 g/mol. The molecule has 0 aliphatic carbocycles. The van der Waals surface area contributed by atoms with Gasteiger partial charge in [-0.3, -0.25) is 19.4 Å². The van der Waals surface area contributed by atoms with Gasteiger partial charge in [-0.15, -0.1) is 17.8 Å². The first-order valence-electron chi connectivity index (χ1n) is 11.3. The third-order valence-electron chi connectivity index (χ3n) is 6.23. The van der Waals surface area contributed by atoms with Crippen LogP contribution >= 0.6 is 11.3 Å². The van der Waals surface area contributed by atoms with Gasteiger partial charge < -0.3 is 9.47 Å². The number of carbonyl (C=O) groups excluding carboxylic acids is 2. The fourth-order valence-electron chi connectivity index (χ4n) is 4.44. The lowest BCUT2D eigenvalue weighted by Crippen LogP contribution is -2.46.